The largest absolute Gasteiger partial charge is 0.487 e. The smallest absolute Gasteiger partial charge is 0.301 e. The SMILES string of the molecule is NNC(=O)c1occc1COc1cc(F)ccc1Br. The lowest BCUT2D eigenvalue weighted by Gasteiger charge is -2.08. The Kier molecular flexibility index (Phi) is 4.18. The minimum absolute atomic E-state index is 0.0569. The van der Waals surface area contributed by atoms with E-state index in [1.165, 1.54) is 24.5 Å². The number of ether oxygens (including phenoxy) is 1. The lowest BCUT2D eigenvalue weighted by molar-refractivity contribution is 0.0922. The maximum atomic E-state index is 13.1. The standard InChI is InChI=1S/C12H10BrFN2O3/c13-9-2-1-8(14)5-10(9)19-6-7-3-4-18-11(7)12(17)16-15/h1-5H,6,15H2,(H,16,17). The van der Waals surface area contributed by atoms with Crippen LogP contribution in [0.5, 0.6) is 5.75 Å². The van der Waals surface area contributed by atoms with Crippen molar-refractivity contribution in [3.05, 3.63) is 52.1 Å². The molecule has 3 N–H and O–H groups in total. The number of nitrogen functional groups attached to an aromatic ring is 1. The lowest BCUT2D eigenvalue weighted by Crippen LogP contribution is -2.30. The van der Waals surface area contributed by atoms with Crippen LogP contribution in [0.1, 0.15) is 16.1 Å². The molecule has 2 aromatic rings. The first-order valence-electron chi connectivity index (χ1n) is 5.27. The van der Waals surface area contributed by atoms with Crippen molar-refractivity contribution in [2.75, 3.05) is 0 Å². The first kappa shape index (κ1) is 13.6. The van der Waals surface area contributed by atoms with E-state index in [1.807, 2.05) is 5.43 Å². The van der Waals surface area contributed by atoms with Gasteiger partial charge in [0.1, 0.15) is 18.2 Å². The van der Waals surface area contributed by atoms with Crippen LogP contribution in [0.3, 0.4) is 0 Å². The van der Waals surface area contributed by atoms with Crippen molar-refractivity contribution in [2.45, 2.75) is 6.61 Å². The number of amides is 1. The van der Waals surface area contributed by atoms with E-state index < -0.39 is 11.7 Å². The first-order chi connectivity index (χ1) is 9.11. The number of carbonyl (C=O) groups is 1. The summed E-state index contributed by atoms with van der Waals surface area (Å²) in [7, 11) is 0. The van der Waals surface area contributed by atoms with E-state index in [4.69, 9.17) is 15.0 Å². The first-order valence-corrected chi connectivity index (χ1v) is 6.06. The predicted molar refractivity (Wildman–Crippen MR) is 68.8 cm³/mol. The number of hydrogen-bond donors (Lipinski definition) is 2. The van der Waals surface area contributed by atoms with Crippen molar-refractivity contribution in [3.63, 3.8) is 0 Å². The van der Waals surface area contributed by atoms with Crippen LogP contribution in [0.2, 0.25) is 0 Å². The van der Waals surface area contributed by atoms with Crippen LogP contribution in [0.15, 0.2) is 39.4 Å². The molecule has 19 heavy (non-hydrogen) atoms. The molecule has 0 aliphatic heterocycles. The molecule has 1 amide bonds. The van der Waals surface area contributed by atoms with Crippen LogP contribution in [0.4, 0.5) is 4.39 Å². The molecular formula is C12H10BrFN2O3. The summed E-state index contributed by atoms with van der Waals surface area (Å²) in [5.41, 5.74) is 2.48. The number of nitrogens with one attached hydrogen (secondary N) is 1. The molecule has 100 valence electrons. The fourth-order valence-electron chi connectivity index (χ4n) is 1.46. The maximum Gasteiger partial charge on any atom is 0.301 e. The molecule has 7 heteroatoms. The third-order valence-electron chi connectivity index (χ3n) is 2.36. The molecule has 1 aromatic heterocycles. The van der Waals surface area contributed by atoms with Crippen molar-refractivity contribution >= 4 is 21.8 Å². The number of carbonyl (C=O) groups excluding carboxylic acids is 1. The van der Waals surface area contributed by atoms with Crippen LogP contribution in [0.25, 0.3) is 0 Å². The summed E-state index contributed by atoms with van der Waals surface area (Å²) < 4.78 is 24.1. The molecule has 0 spiro atoms. The van der Waals surface area contributed by atoms with Crippen molar-refractivity contribution in [3.8, 4) is 5.75 Å². The van der Waals surface area contributed by atoms with Gasteiger partial charge in [0.2, 0.25) is 0 Å². The highest BCUT2D eigenvalue weighted by molar-refractivity contribution is 9.10. The molecule has 0 aliphatic rings. The normalized spacial score (nSPS) is 10.3. The van der Waals surface area contributed by atoms with E-state index in [2.05, 4.69) is 15.9 Å². The zero-order valence-electron chi connectivity index (χ0n) is 9.65. The summed E-state index contributed by atoms with van der Waals surface area (Å²) >= 11 is 3.24. The molecule has 5 nitrogen and oxygen atoms in total. The van der Waals surface area contributed by atoms with Crippen molar-refractivity contribution < 1.29 is 18.3 Å². The van der Waals surface area contributed by atoms with Crippen molar-refractivity contribution in [1.29, 1.82) is 0 Å². The molecule has 0 unspecified atom stereocenters. The molecule has 0 bridgehead atoms. The van der Waals surface area contributed by atoms with E-state index in [0.717, 1.165) is 0 Å². The topological polar surface area (TPSA) is 77.5 Å². The Bertz CT molecular complexity index is 600. The number of hydrogen-bond acceptors (Lipinski definition) is 4. The third kappa shape index (κ3) is 3.12. The van der Waals surface area contributed by atoms with Gasteiger partial charge in [-0.1, -0.05) is 0 Å². The molecule has 0 saturated carbocycles. The second kappa shape index (κ2) is 5.85. The van der Waals surface area contributed by atoms with Crippen LogP contribution >= 0.6 is 15.9 Å². The van der Waals surface area contributed by atoms with Gasteiger partial charge in [0.15, 0.2) is 5.76 Å². The molecule has 2 rings (SSSR count). The number of rotatable bonds is 4. The second-order valence-corrected chi connectivity index (χ2v) is 4.47. The van der Waals surface area contributed by atoms with Gasteiger partial charge in [-0.15, -0.1) is 0 Å². The highest BCUT2D eigenvalue weighted by Crippen LogP contribution is 2.26. The van der Waals surface area contributed by atoms with E-state index >= 15 is 0 Å². The van der Waals surface area contributed by atoms with Crippen LogP contribution in [-0.4, -0.2) is 5.91 Å². The van der Waals surface area contributed by atoms with Gasteiger partial charge in [-0.3, -0.25) is 10.2 Å². The summed E-state index contributed by atoms with van der Waals surface area (Å²) in [6.45, 7) is 0.0569. The van der Waals surface area contributed by atoms with E-state index in [0.29, 0.717) is 15.8 Å². The molecule has 1 aromatic carbocycles. The molecule has 0 saturated heterocycles. The van der Waals surface area contributed by atoms with Crippen molar-refractivity contribution in [1.82, 2.24) is 5.43 Å². The Labute approximate surface area is 116 Å². The molecular weight excluding hydrogens is 319 g/mol. The van der Waals surface area contributed by atoms with Gasteiger partial charge in [0.25, 0.3) is 0 Å². The van der Waals surface area contributed by atoms with Gasteiger partial charge in [0, 0.05) is 11.6 Å². The summed E-state index contributed by atoms with van der Waals surface area (Å²) in [6, 6.07) is 5.67. The van der Waals surface area contributed by atoms with E-state index in [1.54, 1.807) is 6.07 Å². The van der Waals surface area contributed by atoms with Gasteiger partial charge >= 0.3 is 5.91 Å². The highest BCUT2D eigenvalue weighted by Gasteiger charge is 2.15. The molecule has 0 atom stereocenters. The Hall–Kier alpha value is -1.86. The van der Waals surface area contributed by atoms with Crippen LogP contribution < -0.4 is 16.0 Å². The fraction of sp³-hybridized carbons (Fsp3) is 0.0833. The Morgan fingerprint density at radius 3 is 3.00 bits per heavy atom. The Morgan fingerprint density at radius 2 is 2.26 bits per heavy atom. The molecule has 0 aliphatic carbocycles. The fourth-order valence-corrected chi connectivity index (χ4v) is 1.82. The zero-order valence-corrected chi connectivity index (χ0v) is 11.2. The zero-order chi connectivity index (χ0) is 13.8. The molecule has 1 heterocycles. The van der Waals surface area contributed by atoms with E-state index in [9.17, 15) is 9.18 Å². The number of furan rings is 1. The summed E-state index contributed by atoms with van der Waals surface area (Å²) in [4.78, 5) is 11.4. The van der Waals surface area contributed by atoms with Gasteiger partial charge in [0.05, 0.1) is 10.7 Å². The summed E-state index contributed by atoms with van der Waals surface area (Å²) in [5.74, 6) is 4.46. The predicted octanol–water partition coefficient (Wildman–Crippen LogP) is 2.36. The maximum absolute atomic E-state index is 13.1. The van der Waals surface area contributed by atoms with Gasteiger partial charge in [-0.2, -0.15) is 0 Å². The van der Waals surface area contributed by atoms with Crippen LogP contribution in [0, 0.1) is 5.82 Å². The third-order valence-corrected chi connectivity index (χ3v) is 3.02. The number of hydrazine groups is 1. The van der Waals surface area contributed by atoms with Gasteiger partial charge < -0.3 is 9.15 Å². The van der Waals surface area contributed by atoms with Crippen molar-refractivity contribution in [2.24, 2.45) is 5.84 Å². The second-order valence-electron chi connectivity index (χ2n) is 3.61. The average molecular weight is 329 g/mol. The lowest BCUT2D eigenvalue weighted by atomic mass is 10.2. The van der Waals surface area contributed by atoms with Gasteiger partial charge in [-0.25, -0.2) is 10.2 Å². The van der Waals surface area contributed by atoms with Gasteiger partial charge in [-0.05, 0) is 34.1 Å². The molecule has 0 fully saturated rings. The summed E-state index contributed by atoms with van der Waals surface area (Å²) in [6.07, 6.45) is 1.35. The number of benzene rings is 1. The van der Waals surface area contributed by atoms with Crippen LogP contribution in [-0.2, 0) is 6.61 Å². The minimum atomic E-state index is -0.554. The minimum Gasteiger partial charge on any atom is -0.487 e. The molecule has 0 radical (unpaired) electrons. The highest BCUT2D eigenvalue weighted by atomic mass is 79.9. The Balaban J connectivity index is 2.13. The monoisotopic (exact) mass is 328 g/mol. The average Bonchev–Trinajstić information content (AvgIpc) is 2.87. The van der Waals surface area contributed by atoms with E-state index in [-0.39, 0.29) is 12.4 Å². The number of nitrogens with two attached hydrogens (primary N) is 1. The Morgan fingerprint density at radius 1 is 1.47 bits per heavy atom. The quantitative estimate of drug-likeness (QED) is 0.513. The summed E-state index contributed by atoms with van der Waals surface area (Å²) in [5, 5.41) is 0. The number of halogens is 2.